The van der Waals surface area contributed by atoms with Crippen LogP contribution in [0.3, 0.4) is 0 Å². The zero-order valence-electron chi connectivity index (χ0n) is 6.76. The zero-order chi connectivity index (χ0) is 9.84. The number of nitro groups is 1. The highest BCUT2D eigenvalue weighted by Crippen LogP contribution is 2.26. The average Bonchev–Trinajstić information content (AvgIpc) is 2.16. The minimum absolute atomic E-state index is 0.109. The van der Waals surface area contributed by atoms with Crippen molar-refractivity contribution in [1.82, 2.24) is 4.98 Å². The minimum atomic E-state index is -0.703. The molecule has 0 radical (unpaired) electrons. The monoisotopic (exact) mass is 182 g/mol. The molecule has 0 fully saturated rings. The second-order valence-electron chi connectivity index (χ2n) is 2.13. The Kier molecular flexibility index (Phi) is 2.53. The predicted molar refractivity (Wildman–Crippen MR) is 42.8 cm³/mol. The molecule has 0 aliphatic rings. The van der Waals surface area contributed by atoms with Crippen molar-refractivity contribution in [2.24, 2.45) is 0 Å². The van der Waals surface area contributed by atoms with Crippen LogP contribution in [-0.4, -0.2) is 23.3 Å². The van der Waals surface area contributed by atoms with E-state index in [9.17, 15) is 14.9 Å². The lowest BCUT2D eigenvalue weighted by Crippen LogP contribution is -1.99. The molecule has 68 valence electrons. The summed E-state index contributed by atoms with van der Waals surface area (Å²) >= 11 is 0. The van der Waals surface area contributed by atoms with Gasteiger partial charge in [0, 0.05) is 0 Å². The number of pyridine rings is 1. The number of hydrogen-bond donors (Lipinski definition) is 0. The second-order valence-corrected chi connectivity index (χ2v) is 2.13. The van der Waals surface area contributed by atoms with Gasteiger partial charge in [-0.15, -0.1) is 0 Å². The number of nitrogens with zero attached hydrogens (tertiary/aromatic N) is 2. The first-order chi connectivity index (χ1) is 6.20. The van der Waals surface area contributed by atoms with E-state index in [0.717, 1.165) is 0 Å². The topological polar surface area (TPSA) is 82.3 Å². The summed E-state index contributed by atoms with van der Waals surface area (Å²) in [7, 11) is 1.25. The second kappa shape index (κ2) is 3.61. The molecule has 0 N–H and O–H groups in total. The molecule has 6 nitrogen and oxygen atoms in total. The maximum absolute atomic E-state index is 10.4. The molecule has 0 bridgehead atoms. The van der Waals surface area contributed by atoms with Gasteiger partial charge in [-0.3, -0.25) is 4.79 Å². The molecular formula is C7H6N2O4. The Bertz CT molecular complexity index is 350. The number of rotatable bonds is 3. The summed E-state index contributed by atoms with van der Waals surface area (Å²) in [6.45, 7) is 0. The highest BCUT2D eigenvalue weighted by molar-refractivity contribution is 5.81. The Morgan fingerprint density at radius 2 is 2.38 bits per heavy atom. The first kappa shape index (κ1) is 9.11. The lowest BCUT2D eigenvalue weighted by Gasteiger charge is -2.01. The van der Waals surface area contributed by atoms with Gasteiger partial charge >= 0.3 is 5.82 Å². The van der Waals surface area contributed by atoms with Gasteiger partial charge in [0.15, 0.2) is 6.29 Å². The van der Waals surface area contributed by atoms with Crippen molar-refractivity contribution in [3.8, 4) is 5.75 Å². The zero-order valence-corrected chi connectivity index (χ0v) is 6.76. The molecule has 1 aromatic rings. The molecule has 0 saturated carbocycles. The first-order valence-corrected chi connectivity index (χ1v) is 3.33. The molecule has 0 amide bonds. The van der Waals surface area contributed by atoms with Gasteiger partial charge < -0.3 is 14.9 Å². The number of carbonyl (C=O) groups excluding carboxylic acids is 1. The van der Waals surface area contributed by atoms with Gasteiger partial charge in [-0.2, -0.15) is 0 Å². The van der Waals surface area contributed by atoms with Crippen molar-refractivity contribution in [2.45, 2.75) is 0 Å². The van der Waals surface area contributed by atoms with Crippen LogP contribution in [0, 0.1) is 10.1 Å². The van der Waals surface area contributed by atoms with E-state index in [-0.39, 0.29) is 11.3 Å². The lowest BCUT2D eigenvalue weighted by molar-refractivity contribution is -0.390. The first-order valence-electron chi connectivity index (χ1n) is 3.33. The van der Waals surface area contributed by atoms with Crippen molar-refractivity contribution >= 4 is 12.1 Å². The van der Waals surface area contributed by atoms with Gasteiger partial charge in [0.1, 0.15) is 6.20 Å². The molecule has 1 aromatic heterocycles. The smallest absolute Gasteiger partial charge is 0.406 e. The fourth-order valence-corrected chi connectivity index (χ4v) is 0.884. The van der Waals surface area contributed by atoms with Crippen molar-refractivity contribution in [3.63, 3.8) is 0 Å². The molecule has 6 heteroatoms. The van der Waals surface area contributed by atoms with Gasteiger partial charge in [0.05, 0.1) is 12.7 Å². The highest BCUT2D eigenvalue weighted by atomic mass is 16.6. The summed E-state index contributed by atoms with van der Waals surface area (Å²) in [5.41, 5.74) is 0.115. The maximum atomic E-state index is 10.4. The molecule has 1 heterocycles. The highest BCUT2D eigenvalue weighted by Gasteiger charge is 2.19. The van der Waals surface area contributed by atoms with Gasteiger partial charge in [0.2, 0.25) is 5.75 Å². The Morgan fingerprint density at radius 1 is 1.69 bits per heavy atom. The van der Waals surface area contributed by atoms with Crippen LogP contribution in [0.15, 0.2) is 12.3 Å². The van der Waals surface area contributed by atoms with Gasteiger partial charge in [-0.05, 0) is 16.0 Å². The van der Waals surface area contributed by atoms with E-state index in [1.54, 1.807) is 0 Å². The van der Waals surface area contributed by atoms with E-state index < -0.39 is 10.7 Å². The standard InChI is InChI=1S/C7H6N2O4/c1-13-6-5(4-10)2-3-8-7(6)9(11)12/h2-4H,1H3. The van der Waals surface area contributed by atoms with Gasteiger partial charge in [0.25, 0.3) is 0 Å². The number of ether oxygens (including phenoxy) is 1. The third-order valence-electron chi connectivity index (χ3n) is 1.42. The van der Waals surface area contributed by atoms with Crippen LogP contribution in [0.1, 0.15) is 10.4 Å². The third-order valence-corrected chi connectivity index (χ3v) is 1.42. The molecule has 0 aliphatic carbocycles. The summed E-state index contributed by atoms with van der Waals surface area (Å²) in [4.78, 5) is 23.6. The van der Waals surface area contributed by atoms with E-state index in [4.69, 9.17) is 4.74 Å². The Labute approximate surface area is 73.3 Å². The van der Waals surface area contributed by atoms with Crippen molar-refractivity contribution in [1.29, 1.82) is 0 Å². The largest absolute Gasteiger partial charge is 0.489 e. The van der Waals surface area contributed by atoms with Crippen molar-refractivity contribution in [2.75, 3.05) is 7.11 Å². The third kappa shape index (κ3) is 1.61. The SMILES string of the molecule is COc1c(C=O)ccnc1[N+](=O)[O-]. The molecule has 0 aromatic carbocycles. The molecular weight excluding hydrogens is 176 g/mol. The lowest BCUT2D eigenvalue weighted by atomic mass is 10.2. The normalized spacial score (nSPS) is 9.31. The van der Waals surface area contributed by atoms with E-state index in [1.807, 2.05) is 0 Å². The quantitative estimate of drug-likeness (QED) is 0.392. The minimum Gasteiger partial charge on any atom is -0.489 e. The Hall–Kier alpha value is -1.98. The number of methoxy groups -OCH3 is 1. The molecule has 0 saturated heterocycles. The molecule has 13 heavy (non-hydrogen) atoms. The van der Waals surface area contributed by atoms with Crippen LogP contribution in [0.25, 0.3) is 0 Å². The fraction of sp³-hybridized carbons (Fsp3) is 0.143. The molecule has 0 unspecified atom stereocenters. The molecule has 0 spiro atoms. The summed E-state index contributed by atoms with van der Waals surface area (Å²) in [5.74, 6) is -0.561. The summed E-state index contributed by atoms with van der Waals surface area (Å²) < 4.78 is 4.69. The van der Waals surface area contributed by atoms with Crippen LogP contribution in [0.2, 0.25) is 0 Å². The average molecular weight is 182 g/mol. The maximum Gasteiger partial charge on any atom is 0.406 e. The Morgan fingerprint density at radius 3 is 2.85 bits per heavy atom. The van der Waals surface area contributed by atoms with Crippen LogP contribution < -0.4 is 4.74 Å². The predicted octanol–water partition coefficient (Wildman–Crippen LogP) is 0.811. The van der Waals surface area contributed by atoms with Crippen LogP contribution >= 0.6 is 0 Å². The van der Waals surface area contributed by atoms with Gasteiger partial charge in [-0.1, -0.05) is 0 Å². The molecule has 0 aliphatic heterocycles. The van der Waals surface area contributed by atoms with Crippen molar-refractivity contribution < 1.29 is 14.5 Å². The van der Waals surface area contributed by atoms with Gasteiger partial charge in [-0.25, -0.2) is 0 Å². The summed E-state index contributed by atoms with van der Waals surface area (Å²) in [6, 6.07) is 1.35. The van der Waals surface area contributed by atoms with Crippen LogP contribution in [-0.2, 0) is 0 Å². The van der Waals surface area contributed by atoms with Crippen molar-refractivity contribution in [3.05, 3.63) is 27.9 Å². The van der Waals surface area contributed by atoms with E-state index >= 15 is 0 Å². The fourth-order valence-electron chi connectivity index (χ4n) is 0.884. The number of hydrogen-bond acceptors (Lipinski definition) is 5. The molecule has 1 rings (SSSR count). The summed E-state index contributed by atoms with van der Waals surface area (Å²) in [5, 5.41) is 10.4. The van der Waals surface area contributed by atoms with Crippen LogP contribution in [0.4, 0.5) is 5.82 Å². The number of aldehydes is 1. The van der Waals surface area contributed by atoms with E-state index in [1.165, 1.54) is 19.4 Å². The number of carbonyl (C=O) groups is 1. The summed E-state index contributed by atoms with van der Waals surface area (Å²) in [6.07, 6.45) is 1.66. The molecule has 0 atom stereocenters. The Balaban J connectivity index is 3.35. The number of aromatic nitrogens is 1. The van der Waals surface area contributed by atoms with Crippen LogP contribution in [0.5, 0.6) is 5.75 Å². The van der Waals surface area contributed by atoms with E-state index in [0.29, 0.717) is 6.29 Å². The van der Waals surface area contributed by atoms with E-state index in [2.05, 4.69) is 4.98 Å².